The van der Waals surface area contributed by atoms with Gasteiger partial charge < -0.3 is 14.2 Å². The summed E-state index contributed by atoms with van der Waals surface area (Å²) in [5, 5.41) is 0.967. The third-order valence-electron chi connectivity index (χ3n) is 6.13. The Labute approximate surface area is 187 Å². The standard InChI is InChI=1S/C25H27N5O2/c1-28-23-9-5-4-8-22(23)27-24(28)18-30(11-10-29-12-14-32-15-13-29)25(31)20-16-19-6-2-3-7-21(19)26-17-20/h2-9,16-17H,10-15,18H2,1H3. The molecule has 1 aliphatic rings. The minimum atomic E-state index is -0.0245. The van der Waals surface area contributed by atoms with E-state index in [0.717, 1.165) is 60.6 Å². The van der Waals surface area contributed by atoms with Crippen molar-refractivity contribution in [3.8, 4) is 0 Å². The molecule has 7 heteroatoms. The second-order valence-electron chi connectivity index (χ2n) is 8.17. The summed E-state index contributed by atoms with van der Waals surface area (Å²) in [5.74, 6) is 0.846. The molecule has 164 valence electrons. The van der Waals surface area contributed by atoms with Crippen LogP contribution in [0.15, 0.2) is 60.8 Å². The molecule has 0 atom stereocenters. The van der Waals surface area contributed by atoms with Gasteiger partial charge in [0.05, 0.1) is 41.9 Å². The molecule has 0 unspecified atom stereocenters. The molecule has 0 bridgehead atoms. The van der Waals surface area contributed by atoms with Gasteiger partial charge in [-0.2, -0.15) is 0 Å². The minimum absolute atomic E-state index is 0.0245. The van der Waals surface area contributed by atoms with Crippen molar-refractivity contribution in [2.45, 2.75) is 6.54 Å². The van der Waals surface area contributed by atoms with Crippen LogP contribution >= 0.6 is 0 Å². The van der Waals surface area contributed by atoms with Gasteiger partial charge in [-0.15, -0.1) is 0 Å². The summed E-state index contributed by atoms with van der Waals surface area (Å²) in [4.78, 5) is 27.1. The van der Waals surface area contributed by atoms with Crippen molar-refractivity contribution in [3.05, 3.63) is 72.2 Å². The van der Waals surface area contributed by atoms with Crippen molar-refractivity contribution in [1.29, 1.82) is 0 Å². The van der Waals surface area contributed by atoms with E-state index in [0.29, 0.717) is 18.7 Å². The predicted molar refractivity (Wildman–Crippen MR) is 124 cm³/mol. The maximum absolute atomic E-state index is 13.6. The average molecular weight is 430 g/mol. The number of ether oxygens (including phenoxy) is 1. The number of hydrogen-bond acceptors (Lipinski definition) is 5. The molecule has 0 spiro atoms. The van der Waals surface area contributed by atoms with E-state index in [1.165, 1.54) is 0 Å². The largest absolute Gasteiger partial charge is 0.379 e. The maximum atomic E-state index is 13.6. The van der Waals surface area contributed by atoms with Crippen LogP contribution in [-0.2, 0) is 18.3 Å². The van der Waals surface area contributed by atoms with E-state index in [9.17, 15) is 4.79 Å². The summed E-state index contributed by atoms with van der Waals surface area (Å²) >= 11 is 0. The van der Waals surface area contributed by atoms with Crippen LogP contribution < -0.4 is 0 Å². The molecule has 0 aliphatic carbocycles. The number of pyridine rings is 1. The van der Waals surface area contributed by atoms with Gasteiger partial charge in [0, 0.05) is 44.8 Å². The smallest absolute Gasteiger partial charge is 0.255 e. The fourth-order valence-corrected chi connectivity index (χ4v) is 4.22. The number of fused-ring (bicyclic) bond motifs is 2. The zero-order valence-corrected chi connectivity index (χ0v) is 18.3. The number of aryl methyl sites for hydroxylation is 1. The Morgan fingerprint density at radius 1 is 1.06 bits per heavy atom. The van der Waals surface area contributed by atoms with Crippen molar-refractivity contribution < 1.29 is 9.53 Å². The van der Waals surface area contributed by atoms with Gasteiger partial charge in [-0.1, -0.05) is 30.3 Å². The molecule has 0 radical (unpaired) electrons. The summed E-state index contributed by atoms with van der Waals surface area (Å²) in [7, 11) is 2.01. The third kappa shape index (κ3) is 4.22. The molecule has 4 aromatic rings. The molecule has 1 saturated heterocycles. The third-order valence-corrected chi connectivity index (χ3v) is 6.13. The summed E-state index contributed by atoms with van der Waals surface area (Å²) < 4.78 is 7.54. The molecule has 1 fully saturated rings. The number of hydrogen-bond donors (Lipinski definition) is 0. The molecule has 7 nitrogen and oxygen atoms in total. The second kappa shape index (κ2) is 9.06. The fourth-order valence-electron chi connectivity index (χ4n) is 4.22. The van der Waals surface area contributed by atoms with Crippen LogP contribution in [0.3, 0.4) is 0 Å². The molecule has 1 amide bonds. The van der Waals surface area contributed by atoms with E-state index in [1.807, 2.05) is 60.5 Å². The topological polar surface area (TPSA) is 63.5 Å². The van der Waals surface area contributed by atoms with Crippen LogP contribution in [0.4, 0.5) is 0 Å². The Bertz CT molecular complexity index is 1250. The zero-order chi connectivity index (χ0) is 21.9. The van der Waals surface area contributed by atoms with Gasteiger partial charge in [0.15, 0.2) is 0 Å². The quantitative estimate of drug-likeness (QED) is 0.471. The molecule has 32 heavy (non-hydrogen) atoms. The summed E-state index contributed by atoms with van der Waals surface area (Å²) in [6, 6.07) is 17.9. The molecule has 5 rings (SSSR count). The minimum Gasteiger partial charge on any atom is -0.379 e. The Kier molecular flexibility index (Phi) is 5.83. The van der Waals surface area contributed by atoms with Gasteiger partial charge in [-0.3, -0.25) is 14.7 Å². The molecule has 0 saturated carbocycles. The Morgan fingerprint density at radius 2 is 1.81 bits per heavy atom. The normalized spacial score (nSPS) is 14.8. The first-order chi connectivity index (χ1) is 15.7. The lowest BCUT2D eigenvalue weighted by molar-refractivity contribution is 0.0318. The van der Waals surface area contributed by atoms with E-state index >= 15 is 0 Å². The SMILES string of the molecule is Cn1c(CN(CCN2CCOCC2)C(=O)c2cnc3ccccc3c2)nc2ccccc21. The van der Waals surface area contributed by atoms with Crippen LogP contribution in [0.5, 0.6) is 0 Å². The first-order valence-electron chi connectivity index (χ1n) is 11.0. The van der Waals surface area contributed by atoms with Crippen LogP contribution in [0.2, 0.25) is 0 Å². The number of carbonyl (C=O) groups excluding carboxylic acids is 1. The zero-order valence-electron chi connectivity index (χ0n) is 18.3. The molecule has 1 aliphatic heterocycles. The van der Waals surface area contributed by atoms with Crippen LogP contribution in [-0.4, -0.2) is 69.6 Å². The van der Waals surface area contributed by atoms with Crippen molar-refractivity contribution >= 4 is 27.8 Å². The van der Waals surface area contributed by atoms with Gasteiger partial charge in [-0.25, -0.2) is 4.98 Å². The van der Waals surface area contributed by atoms with E-state index in [1.54, 1.807) is 6.20 Å². The number of morpholine rings is 1. The van der Waals surface area contributed by atoms with Crippen molar-refractivity contribution in [3.63, 3.8) is 0 Å². The van der Waals surface area contributed by atoms with E-state index in [4.69, 9.17) is 9.72 Å². The molecule has 0 N–H and O–H groups in total. The number of rotatable bonds is 6. The molecule has 2 aromatic carbocycles. The Morgan fingerprint density at radius 3 is 2.62 bits per heavy atom. The van der Waals surface area contributed by atoms with Crippen molar-refractivity contribution in [2.75, 3.05) is 39.4 Å². The van der Waals surface area contributed by atoms with E-state index < -0.39 is 0 Å². The lowest BCUT2D eigenvalue weighted by Gasteiger charge is -2.30. The number of carbonyl (C=O) groups is 1. The number of para-hydroxylation sites is 3. The monoisotopic (exact) mass is 429 g/mol. The lowest BCUT2D eigenvalue weighted by Crippen LogP contribution is -2.43. The van der Waals surface area contributed by atoms with Gasteiger partial charge in [-0.05, 0) is 24.3 Å². The Balaban J connectivity index is 1.43. The Hall–Kier alpha value is -3.29. The van der Waals surface area contributed by atoms with Crippen LogP contribution in [0.1, 0.15) is 16.2 Å². The lowest BCUT2D eigenvalue weighted by atomic mass is 10.1. The van der Waals surface area contributed by atoms with Crippen molar-refractivity contribution in [1.82, 2.24) is 24.3 Å². The van der Waals surface area contributed by atoms with Crippen LogP contribution in [0, 0.1) is 0 Å². The summed E-state index contributed by atoms with van der Waals surface area (Å²) in [5.41, 5.74) is 3.50. The number of benzene rings is 2. The highest BCUT2D eigenvalue weighted by Gasteiger charge is 2.21. The molecular formula is C25H27N5O2. The second-order valence-corrected chi connectivity index (χ2v) is 8.17. The summed E-state index contributed by atoms with van der Waals surface area (Å²) in [6.45, 7) is 5.15. The highest BCUT2D eigenvalue weighted by Crippen LogP contribution is 2.18. The number of imidazole rings is 1. The fraction of sp³-hybridized carbons (Fsp3) is 0.320. The predicted octanol–water partition coefficient (Wildman–Crippen LogP) is 3.10. The van der Waals surface area contributed by atoms with Crippen LogP contribution in [0.25, 0.3) is 21.9 Å². The van der Waals surface area contributed by atoms with Gasteiger partial charge >= 0.3 is 0 Å². The van der Waals surface area contributed by atoms with Crippen molar-refractivity contribution in [2.24, 2.45) is 7.05 Å². The first-order valence-corrected chi connectivity index (χ1v) is 11.0. The molecule has 2 aromatic heterocycles. The van der Waals surface area contributed by atoms with E-state index in [-0.39, 0.29) is 5.91 Å². The number of amides is 1. The molecule has 3 heterocycles. The van der Waals surface area contributed by atoms with Gasteiger partial charge in [0.2, 0.25) is 0 Å². The average Bonchev–Trinajstić information content (AvgIpc) is 3.17. The maximum Gasteiger partial charge on any atom is 0.255 e. The van der Waals surface area contributed by atoms with E-state index in [2.05, 4.69) is 20.5 Å². The van der Waals surface area contributed by atoms with Gasteiger partial charge in [0.25, 0.3) is 5.91 Å². The van der Waals surface area contributed by atoms with Gasteiger partial charge in [0.1, 0.15) is 5.82 Å². The highest BCUT2D eigenvalue weighted by molar-refractivity contribution is 5.97. The molecular weight excluding hydrogens is 402 g/mol. The number of aromatic nitrogens is 3. The highest BCUT2D eigenvalue weighted by atomic mass is 16.5. The first kappa shape index (κ1) is 20.6. The number of nitrogens with zero attached hydrogens (tertiary/aromatic N) is 5. The summed E-state index contributed by atoms with van der Waals surface area (Å²) in [6.07, 6.45) is 1.68.